The molecule has 2 rings (SSSR count). The van der Waals surface area contributed by atoms with Crippen LogP contribution in [0.5, 0.6) is 5.75 Å². The molecule has 2 aromatic rings. The Morgan fingerprint density at radius 3 is 2.48 bits per heavy atom. The van der Waals surface area contributed by atoms with E-state index in [0.717, 1.165) is 5.56 Å². The van der Waals surface area contributed by atoms with Crippen molar-refractivity contribution in [3.8, 4) is 5.75 Å². The highest BCUT2D eigenvalue weighted by Gasteiger charge is 2.08. The third-order valence-electron chi connectivity index (χ3n) is 2.63. The third-order valence-corrected chi connectivity index (χ3v) is 2.63. The van der Waals surface area contributed by atoms with E-state index in [9.17, 15) is 13.6 Å². The largest absolute Gasteiger partial charge is 0.435 e. The number of halogens is 2. The fraction of sp³-hybridized carbons (Fsp3) is 0.143. The third kappa shape index (κ3) is 4.22. The quantitative estimate of drug-likeness (QED) is 0.887. The van der Waals surface area contributed by atoms with Gasteiger partial charge in [-0.25, -0.2) is 0 Å². The minimum atomic E-state index is -2.88. The van der Waals surface area contributed by atoms with Gasteiger partial charge in [-0.15, -0.1) is 0 Å². The summed E-state index contributed by atoms with van der Waals surface area (Å²) in [6, 6.07) is 8.88. The Hall–Kier alpha value is -2.54. The highest BCUT2D eigenvalue weighted by molar-refractivity contribution is 6.02. The van der Waals surface area contributed by atoms with E-state index in [0.29, 0.717) is 12.2 Å². The fourth-order valence-corrected chi connectivity index (χ4v) is 1.59. The number of nitrogens with two attached hydrogens (primary N) is 1. The summed E-state index contributed by atoms with van der Waals surface area (Å²) in [6.45, 7) is -2.53. The van der Waals surface area contributed by atoms with Crippen LogP contribution in [0.15, 0.2) is 42.6 Å². The van der Waals surface area contributed by atoms with Crippen LogP contribution in [0.4, 0.5) is 14.5 Å². The number of ether oxygens (including phenoxy) is 1. The number of hydrogen-bond donors (Lipinski definition) is 2. The topological polar surface area (TPSA) is 77.2 Å². The number of alkyl halides is 2. The Morgan fingerprint density at radius 2 is 1.95 bits per heavy atom. The zero-order chi connectivity index (χ0) is 15.2. The van der Waals surface area contributed by atoms with Gasteiger partial charge < -0.3 is 15.8 Å². The Bertz CT molecular complexity index is 601. The second kappa shape index (κ2) is 6.76. The number of aromatic nitrogens is 1. The molecular formula is C14H13F2N3O2. The second-order valence-electron chi connectivity index (χ2n) is 4.11. The van der Waals surface area contributed by atoms with Crippen LogP contribution in [-0.2, 0) is 6.54 Å². The predicted octanol–water partition coefficient (Wildman–Crippen LogP) is 2.39. The molecule has 0 aliphatic heterocycles. The van der Waals surface area contributed by atoms with E-state index in [4.69, 9.17) is 5.73 Å². The minimum Gasteiger partial charge on any atom is -0.435 e. The van der Waals surface area contributed by atoms with Gasteiger partial charge in [0.1, 0.15) is 11.4 Å². The smallest absolute Gasteiger partial charge is 0.387 e. The van der Waals surface area contributed by atoms with Gasteiger partial charge in [0, 0.05) is 18.4 Å². The number of benzene rings is 1. The molecule has 1 aromatic heterocycles. The van der Waals surface area contributed by atoms with Gasteiger partial charge in [0.2, 0.25) is 0 Å². The summed E-state index contributed by atoms with van der Waals surface area (Å²) in [5.74, 6) is -0.380. The summed E-state index contributed by atoms with van der Waals surface area (Å²) in [4.78, 5) is 15.9. The van der Waals surface area contributed by atoms with Crippen molar-refractivity contribution in [2.75, 3.05) is 5.32 Å². The lowest BCUT2D eigenvalue weighted by Gasteiger charge is -2.07. The first-order chi connectivity index (χ1) is 10.1. The molecule has 0 saturated heterocycles. The maximum Gasteiger partial charge on any atom is 0.387 e. The maximum absolute atomic E-state index is 12.0. The number of anilines is 1. The van der Waals surface area contributed by atoms with Crippen LogP contribution in [0, 0.1) is 0 Å². The van der Waals surface area contributed by atoms with Crippen molar-refractivity contribution >= 4 is 11.6 Å². The molecule has 0 atom stereocenters. The fourth-order valence-electron chi connectivity index (χ4n) is 1.59. The standard InChI is InChI=1S/C14H13F2N3O2/c15-14(16)21-11-4-2-10(3-5-11)19-13(20)12-6-1-9(7-17)8-18-12/h1-6,8,14H,7,17H2,(H,19,20). The van der Waals surface area contributed by atoms with Crippen LogP contribution < -0.4 is 15.8 Å². The van der Waals surface area contributed by atoms with Gasteiger partial charge in [0.25, 0.3) is 5.91 Å². The van der Waals surface area contributed by atoms with E-state index in [2.05, 4.69) is 15.0 Å². The molecule has 1 aromatic carbocycles. The maximum atomic E-state index is 12.0. The summed E-state index contributed by atoms with van der Waals surface area (Å²) >= 11 is 0. The molecular weight excluding hydrogens is 280 g/mol. The van der Waals surface area contributed by atoms with Crippen LogP contribution in [0.1, 0.15) is 16.1 Å². The molecule has 21 heavy (non-hydrogen) atoms. The van der Waals surface area contributed by atoms with Gasteiger partial charge in [0.15, 0.2) is 0 Å². The Balaban J connectivity index is 2.01. The lowest BCUT2D eigenvalue weighted by Crippen LogP contribution is -2.14. The van der Waals surface area contributed by atoms with E-state index in [1.54, 1.807) is 12.1 Å². The van der Waals surface area contributed by atoms with Gasteiger partial charge in [-0.1, -0.05) is 6.07 Å². The summed E-state index contributed by atoms with van der Waals surface area (Å²) < 4.78 is 28.2. The lowest BCUT2D eigenvalue weighted by atomic mass is 10.2. The van der Waals surface area contributed by atoms with Crippen molar-refractivity contribution < 1.29 is 18.3 Å². The van der Waals surface area contributed by atoms with E-state index >= 15 is 0 Å². The zero-order valence-electron chi connectivity index (χ0n) is 10.9. The van der Waals surface area contributed by atoms with Crippen LogP contribution in [-0.4, -0.2) is 17.5 Å². The van der Waals surface area contributed by atoms with E-state index in [1.165, 1.54) is 30.5 Å². The van der Waals surface area contributed by atoms with Gasteiger partial charge in [-0.3, -0.25) is 9.78 Å². The van der Waals surface area contributed by atoms with Gasteiger partial charge >= 0.3 is 6.61 Å². The SMILES string of the molecule is NCc1ccc(C(=O)Nc2ccc(OC(F)F)cc2)nc1. The van der Waals surface area contributed by atoms with Gasteiger partial charge in [-0.05, 0) is 35.9 Å². The molecule has 1 amide bonds. The molecule has 0 aliphatic rings. The molecule has 0 aliphatic carbocycles. The molecule has 0 bridgehead atoms. The zero-order valence-corrected chi connectivity index (χ0v) is 10.9. The number of pyridine rings is 1. The molecule has 0 unspecified atom stereocenters. The molecule has 5 nitrogen and oxygen atoms in total. The molecule has 7 heteroatoms. The van der Waals surface area contributed by atoms with Crippen molar-refractivity contribution in [3.63, 3.8) is 0 Å². The van der Waals surface area contributed by atoms with Crippen molar-refractivity contribution in [1.29, 1.82) is 0 Å². The van der Waals surface area contributed by atoms with Gasteiger partial charge in [-0.2, -0.15) is 8.78 Å². The Labute approximate surface area is 119 Å². The number of nitrogens with one attached hydrogen (secondary N) is 1. The Morgan fingerprint density at radius 1 is 1.24 bits per heavy atom. The first-order valence-corrected chi connectivity index (χ1v) is 6.09. The summed E-state index contributed by atoms with van der Waals surface area (Å²) in [5, 5.41) is 2.60. The molecule has 3 N–H and O–H groups in total. The first-order valence-electron chi connectivity index (χ1n) is 6.09. The van der Waals surface area contributed by atoms with Crippen molar-refractivity contribution in [3.05, 3.63) is 53.9 Å². The van der Waals surface area contributed by atoms with Crippen LogP contribution in [0.3, 0.4) is 0 Å². The number of hydrogen-bond acceptors (Lipinski definition) is 4. The highest BCUT2D eigenvalue weighted by atomic mass is 19.3. The van der Waals surface area contributed by atoms with E-state index in [1.807, 2.05) is 0 Å². The normalized spacial score (nSPS) is 10.5. The van der Waals surface area contributed by atoms with Crippen molar-refractivity contribution in [1.82, 2.24) is 4.98 Å². The van der Waals surface area contributed by atoms with Crippen molar-refractivity contribution in [2.24, 2.45) is 5.73 Å². The minimum absolute atomic E-state index is 0.0217. The molecule has 0 fully saturated rings. The summed E-state index contributed by atoms with van der Waals surface area (Å²) in [7, 11) is 0. The highest BCUT2D eigenvalue weighted by Crippen LogP contribution is 2.18. The average Bonchev–Trinajstić information content (AvgIpc) is 2.49. The van der Waals surface area contributed by atoms with Gasteiger partial charge in [0.05, 0.1) is 0 Å². The molecule has 0 saturated carbocycles. The number of carbonyl (C=O) groups excluding carboxylic acids is 1. The summed E-state index contributed by atoms with van der Waals surface area (Å²) in [5.41, 5.74) is 6.95. The van der Waals surface area contributed by atoms with Crippen LogP contribution >= 0.6 is 0 Å². The van der Waals surface area contributed by atoms with Crippen LogP contribution in [0.25, 0.3) is 0 Å². The molecule has 0 spiro atoms. The number of rotatable bonds is 5. The van der Waals surface area contributed by atoms with E-state index in [-0.39, 0.29) is 11.4 Å². The van der Waals surface area contributed by atoms with Crippen molar-refractivity contribution in [2.45, 2.75) is 13.2 Å². The Kier molecular flexibility index (Phi) is 4.78. The first kappa shape index (κ1) is 14.9. The second-order valence-corrected chi connectivity index (χ2v) is 4.11. The molecule has 1 heterocycles. The number of carbonyl (C=O) groups is 1. The number of amides is 1. The lowest BCUT2D eigenvalue weighted by molar-refractivity contribution is -0.0498. The predicted molar refractivity (Wildman–Crippen MR) is 73.2 cm³/mol. The average molecular weight is 293 g/mol. The monoisotopic (exact) mass is 293 g/mol. The molecule has 0 radical (unpaired) electrons. The summed E-state index contributed by atoms with van der Waals surface area (Å²) in [6.07, 6.45) is 1.52. The van der Waals surface area contributed by atoms with E-state index < -0.39 is 12.5 Å². The number of nitrogens with zero attached hydrogens (tertiary/aromatic N) is 1. The molecule has 110 valence electrons. The van der Waals surface area contributed by atoms with Crippen LogP contribution in [0.2, 0.25) is 0 Å².